The summed E-state index contributed by atoms with van der Waals surface area (Å²) in [6.45, 7) is 6.77. The molecule has 1 saturated heterocycles. The lowest BCUT2D eigenvalue weighted by atomic mass is 10.2. The van der Waals surface area contributed by atoms with E-state index in [1.165, 1.54) is 0 Å². The largest absolute Gasteiger partial charge is 0.398 e. The molecule has 0 spiro atoms. The standard InChI is InChI=1S/C7H13NO2/c1-6(8)7(2)9-4-3-5-10-7/h1,3-5,8H2,2H3. The highest BCUT2D eigenvalue weighted by atomic mass is 16.7. The number of rotatable bonds is 1. The van der Waals surface area contributed by atoms with Gasteiger partial charge in [0.25, 0.3) is 0 Å². The quantitative estimate of drug-likeness (QED) is 0.585. The van der Waals surface area contributed by atoms with Gasteiger partial charge in [-0.1, -0.05) is 6.58 Å². The first-order valence-corrected chi connectivity index (χ1v) is 3.38. The lowest BCUT2D eigenvalue weighted by Crippen LogP contribution is -2.41. The summed E-state index contributed by atoms with van der Waals surface area (Å²) >= 11 is 0. The van der Waals surface area contributed by atoms with Crippen molar-refractivity contribution >= 4 is 0 Å². The zero-order chi connectivity index (χ0) is 7.61. The van der Waals surface area contributed by atoms with Gasteiger partial charge in [0, 0.05) is 0 Å². The first kappa shape index (κ1) is 7.57. The third kappa shape index (κ3) is 1.30. The van der Waals surface area contributed by atoms with Crippen LogP contribution in [0.25, 0.3) is 0 Å². The van der Waals surface area contributed by atoms with Gasteiger partial charge in [-0.05, 0) is 13.3 Å². The van der Waals surface area contributed by atoms with E-state index in [0.717, 1.165) is 6.42 Å². The Balaban J connectivity index is 2.56. The van der Waals surface area contributed by atoms with Crippen LogP contribution < -0.4 is 5.73 Å². The third-order valence-electron chi connectivity index (χ3n) is 1.63. The molecule has 3 nitrogen and oxygen atoms in total. The molecule has 1 rings (SSSR count). The van der Waals surface area contributed by atoms with E-state index >= 15 is 0 Å². The summed E-state index contributed by atoms with van der Waals surface area (Å²) in [5.74, 6) is -0.738. The number of ether oxygens (including phenoxy) is 2. The Hall–Kier alpha value is -0.540. The van der Waals surface area contributed by atoms with Crippen LogP contribution in [0.4, 0.5) is 0 Å². The van der Waals surface area contributed by atoms with Crippen LogP contribution in [0.15, 0.2) is 12.3 Å². The molecule has 10 heavy (non-hydrogen) atoms. The molecule has 1 fully saturated rings. The van der Waals surface area contributed by atoms with Gasteiger partial charge in [0.2, 0.25) is 5.79 Å². The van der Waals surface area contributed by atoms with Crippen molar-refractivity contribution in [2.45, 2.75) is 19.1 Å². The summed E-state index contributed by atoms with van der Waals surface area (Å²) in [6, 6.07) is 0. The van der Waals surface area contributed by atoms with Crippen molar-refractivity contribution in [1.29, 1.82) is 0 Å². The van der Waals surface area contributed by atoms with E-state index in [-0.39, 0.29) is 0 Å². The molecule has 0 aromatic carbocycles. The summed E-state index contributed by atoms with van der Waals surface area (Å²) in [5, 5.41) is 0. The van der Waals surface area contributed by atoms with Gasteiger partial charge in [0.05, 0.1) is 18.9 Å². The summed E-state index contributed by atoms with van der Waals surface area (Å²) in [5.41, 5.74) is 5.89. The predicted molar refractivity (Wildman–Crippen MR) is 38.3 cm³/mol. The Labute approximate surface area is 60.8 Å². The molecule has 0 aromatic heterocycles. The van der Waals surface area contributed by atoms with Crippen LogP contribution in [-0.4, -0.2) is 19.0 Å². The van der Waals surface area contributed by atoms with Crippen molar-refractivity contribution in [3.05, 3.63) is 12.3 Å². The molecule has 0 saturated carbocycles. The molecule has 1 aliphatic heterocycles. The van der Waals surface area contributed by atoms with Crippen molar-refractivity contribution in [2.75, 3.05) is 13.2 Å². The molecule has 0 unspecified atom stereocenters. The second-order valence-electron chi connectivity index (χ2n) is 2.52. The first-order valence-electron chi connectivity index (χ1n) is 3.38. The zero-order valence-electron chi connectivity index (χ0n) is 6.22. The lowest BCUT2D eigenvalue weighted by Gasteiger charge is -2.33. The van der Waals surface area contributed by atoms with E-state index in [4.69, 9.17) is 15.2 Å². The molecule has 1 heterocycles. The van der Waals surface area contributed by atoms with Crippen LogP contribution in [0.1, 0.15) is 13.3 Å². The molecule has 1 aliphatic rings. The van der Waals surface area contributed by atoms with Gasteiger partial charge < -0.3 is 15.2 Å². The van der Waals surface area contributed by atoms with Crippen molar-refractivity contribution < 1.29 is 9.47 Å². The van der Waals surface area contributed by atoms with Crippen molar-refractivity contribution in [1.82, 2.24) is 0 Å². The third-order valence-corrected chi connectivity index (χ3v) is 1.63. The smallest absolute Gasteiger partial charge is 0.206 e. The molecule has 0 aliphatic carbocycles. The van der Waals surface area contributed by atoms with Crippen molar-refractivity contribution in [3.8, 4) is 0 Å². The second kappa shape index (κ2) is 2.60. The van der Waals surface area contributed by atoms with Gasteiger partial charge in [0.1, 0.15) is 0 Å². The average Bonchev–Trinajstić information content (AvgIpc) is 1.89. The summed E-state index contributed by atoms with van der Waals surface area (Å²) in [4.78, 5) is 0. The number of hydrogen-bond acceptors (Lipinski definition) is 3. The van der Waals surface area contributed by atoms with E-state index in [1.54, 1.807) is 6.92 Å². The van der Waals surface area contributed by atoms with Crippen LogP contribution in [0.2, 0.25) is 0 Å². The molecule has 0 radical (unpaired) electrons. The van der Waals surface area contributed by atoms with Crippen LogP contribution in [0.5, 0.6) is 0 Å². The first-order chi connectivity index (χ1) is 4.65. The minimum atomic E-state index is -0.738. The highest BCUT2D eigenvalue weighted by Crippen LogP contribution is 2.21. The van der Waals surface area contributed by atoms with Gasteiger partial charge in [0.15, 0.2) is 0 Å². The van der Waals surface area contributed by atoms with Gasteiger partial charge in [-0.3, -0.25) is 0 Å². The van der Waals surface area contributed by atoms with Crippen LogP contribution >= 0.6 is 0 Å². The highest BCUT2D eigenvalue weighted by Gasteiger charge is 2.30. The SMILES string of the molecule is C=C(N)C1(C)OCCCO1. The van der Waals surface area contributed by atoms with E-state index in [2.05, 4.69) is 6.58 Å². The molecule has 3 heteroatoms. The molecule has 2 N–H and O–H groups in total. The molecule has 0 amide bonds. The van der Waals surface area contributed by atoms with Gasteiger partial charge in [-0.25, -0.2) is 0 Å². The monoisotopic (exact) mass is 143 g/mol. The molecular weight excluding hydrogens is 130 g/mol. The van der Waals surface area contributed by atoms with E-state index < -0.39 is 5.79 Å². The van der Waals surface area contributed by atoms with Crippen LogP contribution in [0, 0.1) is 0 Å². The zero-order valence-corrected chi connectivity index (χ0v) is 6.22. The van der Waals surface area contributed by atoms with E-state index in [1.807, 2.05) is 0 Å². The predicted octanol–water partition coefficient (Wildman–Crippen LogP) is 0.612. The Bertz CT molecular complexity index is 139. The van der Waals surface area contributed by atoms with E-state index in [0.29, 0.717) is 18.9 Å². The molecule has 0 bridgehead atoms. The maximum atomic E-state index is 5.46. The van der Waals surface area contributed by atoms with Crippen LogP contribution in [-0.2, 0) is 9.47 Å². The lowest BCUT2D eigenvalue weighted by molar-refractivity contribution is -0.232. The summed E-state index contributed by atoms with van der Waals surface area (Å²) in [7, 11) is 0. The Morgan fingerprint density at radius 2 is 2.00 bits per heavy atom. The Morgan fingerprint density at radius 1 is 1.50 bits per heavy atom. The van der Waals surface area contributed by atoms with Gasteiger partial charge in [-0.2, -0.15) is 0 Å². The fraction of sp³-hybridized carbons (Fsp3) is 0.714. The van der Waals surface area contributed by atoms with Gasteiger partial charge in [-0.15, -0.1) is 0 Å². The maximum absolute atomic E-state index is 5.46. The van der Waals surface area contributed by atoms with Crippen LogP contribution in [0.3, 0.4) is 0 Å². The molecule has 0 aromatic rings. The Morgan fingerprint density at radius 3 is 2.30 bits per heavy atom. The summed E-state index contributed by atoms with van der Waals surface area (Å²) in [6.07, 6.45) is 0.933. The average molecular weight is 143 g/mol. The summed E-state index contributed by atoms with van der Waals surface area (Å²) < 4.78 is 10.6. The van der Waals surface area contributed by atoms with Crippen molar-refractivity contribution in [3.63, 3.8) is 0 Å². The fourth-order valence-electron chi connectivity index (χ4n) is 0.820. The topological polar surface area (TPSA) is 44.5 Å². The minimum Gasteiger partial charge on any atom is -0.398 e. The molecule has 58 valence electrons. The van der Waals surface area contributed by atoms with E-state index in [9.17, 15) is 0 Å². The molecule has 0 atom stereocenters. The minimum absolute atomic E-state index is 0.437. The highest BCUT2D eigenvalue weighted by molar-refractivity contribution is 5.01. The number of nitrogens with two attached hydrogens (primary N) is 1. The Kier molecular flexibility index (Phi) is 1.97. The fourth-order valence-corrected chi connectivity index (χ4v) is 0.820. The maximum Gasteiger partial charge on any atom is 0.206 e. The normalized spacial score (nSPS) is 24.1. The second-order valence-corrected chi connectivity index (χ2v) is 2.52. The molecular formula is C7H13NO2. The van der Waals surface area contributed by atoms with Crippen molar-refractivity contribution in [2.24, 2.45) is 5.73 Å². The van der Waals surface area contributed by atoms with Gasteiger partial charge >= 0.3 is 0 Å². The number of hydrogen-bond donors (Lipinski definition) is 1.